The van der Waals surface area contributed by atoms with E-state index in [-0.39, 0.29) is 18.5 Å². The van der Waals surface area contributed by atoms with Gasteiger partial charge in [0.25, 0.3) is 11.5 Å². The summed E-state index contributed by atoms with van der Waals surface area (Å²) in [4.78, 5) is 38.9. The number of ether oxygens (including phenoxy) is 1. The van der Waals surface area contributed by atoms with E-state index in [0.29, 0.717) is 5.65 Å². The Morgan fingerprint density at radius 3 is 2.95 bits per heavy atom. The van der Waals surface area contributed by atoms with Crippen molar-refractivity contribution in [3.63, 3.8) is 0 Å². The van der Waals surface area contributed by atoms with Gasteiger partial charge >= 0.3 is 5.97 Å². The van der Waals surface area contributed by atoms with Crippen molar-refractivity contribution in [1.29, 1.82) is 0 Å². The van der Waals surface area contributed by atoms with Crippen LogP contribution in [0.4, 0.5) is 0 Å². The Bertz CT molecular complexity index is 708. The number of pyridine rings is 1. The molecule has 0 unspecified atom stereocenters. The molecule has 2 heterocycles. The molecule has 0 radical (unpaired) electrons. The van der Waals surface area contributed by atoms with E-state index in [1.54, 1.807) is 18.2 Å². The monoisotopic (exact) mass is 275 g/mol. The van der Waals surface area contributed by atoms with Gasteiger partial charge in [-0.3, -0.25) is 18.8 Å². The van der Waals surface area contributed by atoms with E-state index in [0.717, 1.165) is 0 Å². The number of aromatic nitrogens is 2. The van der Waals surface area contributed by atoms with Crippen LogP contribution < -0.4 is 10.9 Å². The van der Waals surface area contributed by atoms with Crippen LogP contribution in [0.1, 0.15) is 16.8 Å². The standard InChI is InChI=1S/C13H13N3O4/c1-20-11(17)5-6-14-12(18)9-8-15-10-4-2-3-7-16(10)13(9)19/h2-4,7-8H,5-6H2,1H3,(H,14,18). The van der Waals surface area contributed by atoms with Gasteiger partial charge in [0, 0.05) is 18.9 Å². The predicted molar refractivity (Wildman–Crippen MR) is 70.4 cm³/mol. The van der Waals surface area contributed by atoms with Gasteiger partial charge in [0.1, 0.15) is 11.2 Å². The van der Waals surface area contributed by atoms with E-state index < -0.39 is 17.4 Å². The third-order valence-corrected chi connectivity index (χ3v) is 2.70. The molecule has 1 N–H and O–H groups in total. The normalized spacial score (nSPS) is 10.2. The lowest BCUT2D eigenvalue weighted by Gasteiger charge is -2.05. The molecule has 0 atom stereocenters. The molecule has 2 aromatic heterocycles. The lowest BCUT2D eigenvalue weighted by Crippen LogP contribution is -2.32. The van der Waals surface area contributed by atoms with Gasteiger partial charge < -0.3 is 10.1 Å². The zero-order chi connectivity index (χ0) is 14.5. The Morgan fingerprint density at radius 2 is 2.20 bits per heavy atom. The zero-order valence-electron chi connectivity index (χ0n) is 10.8. The molecule has 0 aliphatic heterocycles. The number of esters is 1. The van der Waals surface area contributed by atoms with E-state index in [1.165, 1.54) is 23.9 Å². The van der Waals surface area contributed by atoms with Crippen LogP contribution in [0, 0.1) is 0 Å². The van der Waals surface area contributed by atoms with Crippen molar-refractivity contribution in [3.8, 4) is 0 Å². The number of methoxy groups -OCH3 is 1. The van der Waals surface area contributed by atoms with Crippen molar-refractivity contribution in [2.45, 2.75) is 6.42 Å². The Hall–Kier alpha value is -2.70. The highest BCUT2D eigenvalue weighted by Gasteiger charge is 2.13. The van der Waals surface area contributed by atoms with Gasteiger partial charge in [0.15, 0.2) is 0 Å². The summed E-state index contributed by atoms with van der Waals surface area (Å²) in [5.41, 5.74) is -0.0617. The highest BCUT2D eigenvalue weighted by Crippen LogP contribution is 1.97. The topological polar surface area (TPSA) is 89.8 Å². The number of nitrogens with zero attached hydrogens (tertiary/aromatic N) is 2. The third kappa shape index (κ3) is 2.82. The summed E-state index contributed by atoms with van der Waals surface area (Å²) in [5.74, 6) is -0.997. The fourth-order valence-electron chi connectivity index (χ4n) is 1.66. The van der Waals surface area contributed by atoms with E-state index >= 15 is 0 Å². The second kappa shape index (κ2) is 5.96. The molecule has 0 fully saturated rings. The van der Waals surface area contributed by atoms with Crippen LogP contribution in [0.3, 0.4) is 0 Å². The molecule has 1 amide bonds. The van der Waals surface area contributed by atoms with Crippen molar-refractivity contribution in [2.24, 2.45) is 0 Å². The zero-order valence-corrected chi connectivity index (χ0v) is 10.8. The van der Waals surface area contributed by atoms with Crippen molar-refractivity contribution < 1.29 is 14.3 Å². The minimum Gasteiger partial charge on any atom is -0.469 e. The molecule has 104 valence electrons. The van der Waals surface area contributed by atoms with Crippen LogP contribution in [0.25, 0.3) is 5.65 Å². The van der Waals surface area contributed by atoms with Crippen molar-refractivity contribution >= 4 is 17.5 Å². The predicted octanol–water partition coefficient (Wildman–Crippen LogP) is -0.0126. The van der Waals surface area contributed by atoms with Gasteiger partial charge in [0.2, 0.25) is 0 Å². The number of fused-ring (bicyclic) bond motifs is 1. The first-order valence-corrected chi connectivity index (χ1v) is 5.95. The molecule has 0 saturated carbocycles. The molecule has 0 aliphatic carbocycles. The van der Waals surface area contributed by atoms with Crippen LogP contribution in [-0.2, 0) is 9.53 Å². The summed E-state index contributed by atoms with van der Waals surface area (Å²) < 4.78 is 5.74. The molecule has 0 aliphatic rings. The minimum atomic E-state index is -0.565. The number of amides is 1. The molecule has 0 aromatic carbocycles. The highest BCUT2D eigenvalue weighted by atomic mass is 16.5. The average Bonchev–Trinajstić information content (AvgIpc) is 2.47. The third-order valence-electron chi connectivity index (χ3n) is 2.70. The Balaban J connectivity index is 2.16. The molecular formula is C13H13N3O4. The quantitative estimate of drug-likeness (QED) is 0.792. The fraction of sp³-hybridized carbons (Fsp3) is 0.231. The molecule has 2 rings (SSSR count). The SMILES string of the molecule is COC(=O)CCNC(=O)c1cnc2ccccn2c1=O. The molecular weight excluding hydrogens is 262 g/mol. The second-order valence-electron chi connectivity index (χ2n) is 3.99. The van der Waals surface area contributed by atoms with Crippen LogP contribution in [0.5, 0.6) is 0 Å². The number of carbonyl (C=O) groups is 2. The summed E-state index contributed by atoms with van der Waals surface area (Å²) in [7, 11) is 1.27. The van der Waals surface area contributed by atoms with Crippen LogP contribution in [0.15, 0.2) is 35.4 Å². The van der Waals surface area contributed by atoms with E-state index in [9.17, 15) is 14.4 Å². The largest absolute Gasteiger partial charge is 0.469 e. The number of nitrogens with one attached hydrogen (secondary N) is 1. The summed E-state index contributed by atoms with van der Waals surface area (Å²) in [6.07, 6.45) is 2.81. The average molecular weight is 275 g/mol. The maximum absolute atomic E-state index is 12.1. The molecule has 2 aromatic rings. The molecule has 0 bridgehead atoms. The molecule has 0 saturated heterocycles. The summed E-state index contributed by atoms with van der Waals surface area (Å²) >= 11 is 0. The smallest absolute Gasteiger partial charge is 0.307 e. The van der Waals surface area contributed by atoms with Gasteiger partial charge in [-0.05, 0) is 12.1 Å². The number of rotatable bonds is 4. The van der Waals surface area contributed by atoms with Gasteiger partial charge in [0.05, 0.1) is 13.5 Å². The molecule has 7 nitrogen and oxygen atoms in total. The first kappa shape index (κ1) is 13.7. The summed E-state index contributed by atoms with van der Waals surface area (Å²) in [6.45, 7) is 0.0996. The second-order valence-corrected chi connectivity index (χ2v) is 3.99. The number of hydrogen-bond donors (Lipinski definition) is 1. The van der Waals surface area contributed by atoms with Crippen LogP contribution in [-0.4, -0.2) is 34.9 Å². The van der Waals surface area contributed by atoms with Crippen molar-refractivity contribution in [2.75, 3.05) is 13.7 Å². The molecule has 20 heavy (non-hydrogen) atoms. The lowest BCUT2D eigenvalue weighted by atomic mass is 10.3. The van der Waals surface area contributed by atoms with Crippen molar-refractivity contribution in [3.05, 3.63) is 46.5 Å². The van der Waals surface area contributed by atoms with Crippen LogP contribution >= 0.6 is 0 Å². The highest BCUT2D eigenvalue weighted by molar-refractivity contribution is 5.93. The Labute approximate surface area is 114 Å². The lowest BCUT2D eigenvalue weighted by molar-refractivity contribution is -0.140. The number of hydrogen-bond acceptors (Lipinski definition) is 5. The Kier molecular flexibility index (Phi) is 4.09. The maximum Gasteiger partial charge on any atom is 0.307 e. The van der Waals surface area contributed by atoms with Crippen molar-refractivity contribution in [1.82, 2.24) is 14.7 Å². The van der Waals surface area contributed by atoms with Gasteiger partial charge in [-0.2, -0.15) is 0 Å². The van der Waals surface area contributed by atoms with E-state index in [2.05, 4.69) is 15.0 Å². The number of carbonyl (C=O) groups excluding carboxylic acids is 2. The first-order valence-electron chi connectivity index (χ1n) is 5.95. The molecule has 0 spiro atoms. The summed E-state index contributed by atoms with van der Waals surface area (Å²) in [5, 5.41) is 2.48. The van der Waals surface area contributed by atoms with Gasteiger partial charge in [-0.15, -0.1) is 0 Å². The van der Waals surface area contributed by atoms with Gasteiger partial charge in [-0.1, -0.05) is 6.07 Å². The molecule has 7 heteroatoms. The van der Waals surface area contributed by atoms with Crippen LogP contribution in [0.2, 0.25) is 0 Å². The van der Waals surface area contributed by atoms with E-state index in [1.807, 2.05) is 0 Å². The Morgan fingerprint density at radius 1 is 1.40 bits per heavy atom. The maximum atomic E-state index is 12.1. The van der Waals surface area contributed by atoms with E-state index in [4.69, 9.17) is 0 Å². The van der Waals surface area contributed by atoms with Gasteiger partial charge in [-0.25, -0.2) is 4.98 Å². The fourth-order valence-corrected chi connectivity index (χ4v) is 1.66. The summed E-state index contributed by atoms with van der Waals surface area (Å²) in [6, 6.07) is 5.09. The minimum absolute atomic E-state index is 0.0462. The first-order chi connectivity index (χ1) is 9.63.